The van der Waals surface area contributed by atoms with Crippen LogP contribution in [0.15, 0.2) is 12.1 Å². The van der Waals surface area contributed by atoms with Crippen LogP contribution in [0.25, 0.3) is 0 Å². The molecule has 0 aliphatic carbocycles. The van der Waals surface area contributed by atoms with E-state index in [4.69, 9.17) is 0 Å². The number of carbonyl (C=O) groups excluding carboxylic acids is 2. The molecule has 1 heterocycles. The molecule has 1 atom stereocenters. The van der Waals surface area contributed by atoms with Crippen molar-refractivity contribution in [1.29, 1.82) is 0 Å². The van der Waals surface area contributed by atoms with Crippen molar-refractivity contribution < 1.29 is 9.59 Å². The fourth-order valence-electron chi connectivity index (χ4n) is 1.73. The lowest BCUT2D eigenvalue weighted by Gasteiger charge is -2.15. The second-order valence-electron chi connectivity index (χ2n) is 5.47. The average molecular weight is 292 g/mol. The van der Waals surface area contributed by atoms with E-state index < -0.39 is 6.04 Å². The van der Waals surface area contributed by atoms with Crippen LogP contribution in [0.2, 0.25) is 0 Å². The van der Waals surface area contributed by atoms with Crippen molar-refractivity contribution in [3.63, 3.8) is 0 Å². The average Bonchev–Trinajstić information content (AvgIpc) is 2.43. The van der Waals surface area contributed by atoms with E-state index in [2.05, 4.69) is 20.9 Å². The maximum atomic E-state index is 12.2. The van der Waals surface area contributed by atoms with Gasteiger partial charge in [-0.25, -0.2) is 4.98 Å². The molecule has 6 nitrogen and oxygen atoms in total. The molecule has 1 aromatic rings. The second-order valence-corrected chi connectivity index (χ2v) is 5.47. The van der Waals surface area contributed by atoms with Crippen molar-refractivity contribution in [2.24, 2.45) is 5.92 Å². The van der Waals surface area contributed by atoms with Gasteiger partial charge in [0.15, 0.2) is 0 Å². The molecule has 3 N–H and O–H groups in total. The van der Waals surface area contributed by atoms with Crippen LogP contribution >= 0.6 is 0 Å². The molecule has 0 saturated carbocycles. The van der Waals surface area contributed by atoms with Gasteiger partial charge in [-0.1, -0.05) is 13.8 Å². The van der Waals surface area contributed by atoms with Crippen LogP contribution in [-0.2, 0) is 4.79 Å². The summed E-state index contributed by atoms with van der Waals surface area (Å²) in [7, 11) is 1.74. The summed E-state index contributed by atoms with van der Waals surface area (Å²) in [5.74, 6) is 0.524. The number of rotatable bonds is 6. The summed E-state index contributed by atoms with van der Waals surface area (Å²) in [6, 6.07) is 2.76. The second kappa shape index (κ2) is 7.61. The maximum Gasteiger partial charge on any atom is 0.252 e. The van der Waals surface area contributed by atoms with Gasteiger partial charge in [0.2, 0.25) is 5.91 Å². The van der Waals surface area contributed by atoms with Crippen LogP contribution in [-0.4, -0.2) is 36.4 Å². The molecule has 0 saturated heterocycles. The molecule has 0 spiro atoms. The normalized spacial score (nSPS) is 11.9. The van der Waals surface area contributed by atoms with Crippen molar-refractivity contribution in [3.05, 3.63) is 23.4 Å². The highest BCUT2D eigenvalue weighted by molar-refractivity contribution is 5.98. The number of aryl methyl sites for hydroxylation is 1. The van der Waals surface area contributed by atoms with Gasteiger partial charge in [0.05, 0.1) is 0 Å². The smallest absolute Gasteiger partial charge is 0.252 e. The summed E-state index contributed by atoms with van der Waals surface area (Å²) in [5.41, 5.74) is 1.22. The Kier molecular flexibility index (Phi) is 6.14. The molecule has 1 aromatic heterocycles. The van der Waals surface area contributed by atoms with Crippen molar-refractivity contribution in [2.75, 3.05) is 18.9 Å². The zero-order valence-electron chi connectivity index (χ0n) is 13.3. The summed E-state index contributed by atoms with van der Waals surface area (Å²) in [4.78, 5) is 28.3. The van der Waals surface area contributed by atoms with Crippen LogP contribution in [0, 0.1) is 12.8 Å². The largest absolute Gasteiger partial charge is 0.373 e. The summed E-state index contributed by atoms with van der Waals surface area (Å²) < 4.78 is 0. The number of nitrogens with zero attached hydrogens (tertiary/aromatic N) is 1. The minimum atomic E-state index is -0.581. The van der Waals surface area contributed by atoms with Gasteiger partial charge in [-0.05, 0) is 31.9 Å². The van der Waals surface area contributed by atoms with Crippen LogP contribution < -0.4 is 16.0 Å². The molecule has 1 rings (SSSR count). The van der Waals surface area contributed by atoms with Gasteiger partial charge < -0.3 is 16.0 Å². The van der Waals surface area contributed by atoms with E-state index in [1.165, 1.54) is 0 Å². The Labute approximate surface area is 125 Å². The summed E-state index contributed by atoms with van der Waals surface area (Å²) in [6.45, 7) is 8.11. The number of carbonyl (C=O) groups is 2. The van der Waals surface area contributed by atoms with Gasteiger partial charge in [-0.15, -0.1) is 0 Å². The third kappa shape index (κ3) is 5.41. The zero-order chi connectivity index (χ0) is 16.0. The molecule has 116 valence electrons. The highest BCUT2D eigenvalue weighted by atomic mass is 16.2. The highest BCUT2D eigenvalue weighted by Gasteiger charge is 2.17. The first kappa shape index (κ1) is 16.9. The molecule has 0 fully saturated rings. The SMILES string of the molecule is CNc1cc(C(=O)NC(C)C(=O)NCC(C)C)cc(C)n1. The van der Waals surface area contributed by atoms with Crippen LogP contribution in [0.3, 0.4) is 0 Å². The molecule has 2 amide bonds. The first-order valence-corrected chi connectivity index (χ1v) is 7.08. The van der Waals surface area contributed by atoms with E-state index in [0.717, 1.165) is 5.69 Å². The lowest BCUT2D eigenvalue weighted by atomic mass is 10.2. The Morgan fingerprint density at radius 3 is 2.48 bits per heavy atom. The number of anilines is 1. The Morgan fingerprint density at radius 1 is 1.24 bits per heavy atom. The van der Waals surface area contributed by atoms with E-state index in [1.807, 2.05) is 20.8 Å². The highest BCUT2D eigenvalue weighted by Crippen LogP contribution is 2.09. The molecule has 0 bridgehead atoms. The molecular weight excluding hydrogens is 268 g/mol. The monoisotopic (exact) mass is 292 g/mol. The minimum Gasteiger partial charge on any atom is -0.373 e. The third-order valence-electron chi connectivity index (χ3n) is 2.90. The predicted molar refractivity (Wildman–Crippen MR) is 83.3 cm³/mol. The van der Waals surface area contributed by atoms with Crippen molar-refractivity contribution >= 4 is 17.6 Å². The number of hydrogen-bond acceptors (Lipinski definition) is 4. The maximum absolute atomic E-state index is 12.2. The van der Waals surface area contributed by atoms with E-state index in [9.17, 15) is 9.59 Å². The molecular formula is C15H24N4O2. The van der Waals surface area contributed by atoms with Crippen LogP contribution in [0.5, 0.6) is 0 Å². The van der Waals surface area contributed by atoms with Crippen molar-refractivity contribution in [2.45, 2.75) is 33.7 Å². The van der Waals surface area contributed by atoms with Crippen molar-refractivity contribution in [3.8, 4) is 0 Å². The molecule has 21 heavy (non-hydrogen) atoms. The third-order valence-corrected chi connectivity index (χ3v) is 2.90. The van der Waals surface area contributed by atoms with E-state index in [-0.39, 0.29) is 11.8 Å². The number of amides is 2. The standard InChI is InChI=1S/C15H24N4O2/c1-9(2)8-17-14(20)11(4)19-15(21)12-6-10(3)18-13(7-12)16-5/h6-7,9,11H,8H2,1-5H3,(H,16,18)(H,17,20)(H,19,21). The van der Waals surface area contributed by atoms with E-state index in [1.54, 1.807) is 26.1 Å². The van der Waals surface area contributed by atoms with E-state index >= 15 is 0 Å². The van der Waals surface area contributed by atoms with Gasteiger partial charge in [0, 0.05) is 24.8 Å². The fourth-order valence-corrected chi connectivity index (χ4v) is 1.73. The van der Waals surface area contributed by atoms with Crippen LogP contribution in [0.1, 0.15) is 36.8 Å². The van der Waals surface area contributed by atoms with Gasteiger partial charge in [-0.3, -0.25) is 9.59 Å². The quantitative estimate of drug-likeness (QED) is 0.738. The summed E-state index contributed by atoms with van der Waals surface area (Å²) in [6.07, 6.45) is 0. The molecule has 0 aliphatic rings. The topological polar surface area (TPSA) is 83.1 Å². The molecule has 6 heteroatoms. The van der Waals surface area contributed by atoms with E-state index in [0.29, 0.717) is 23.8 Å². The summed E-state index contributed by atoms with van der Waals surface area (Å²) >= 11 is 0. The molecule has 0 radical (unpaired) electrons. The lowest BCUT2D eigenvalue weighted by molar-refractivity contribution is -0.122. The zero-order valence-corrected chi connectivity index (χ0v) is 13.3. The Hall–Kier alpha value is -2.11. The lowest BCUT2D eigenvalue weighted by Crippen LogP contribution is -2.45. The Balaban J connectivity index is 2.68. The molecule has 0 aromatic carbocycles. The first-order valence-electron chi connectivity index (χ1n) is 7.08. The Morgan fingerprint density at radius 2 is 1.90 bits per heavy atom. The number of pyridine rings is 1. The number of nitrogens with one attached hydrogen (secondary N) is 3. The summed E-state index contributed by atoms with van der Waals surface area (Å²) in [5, 5.41) is 8.39. The van der Waals surface area contributed by atoms with Gasteiger partial charge in [0.25, 0.3) is 5.91 Å². The van der Waals surface area contributed by atoms with Gasteiger partial charge in [0.1, 0.15) is 11.9 Å². The van der Waals surface area contributed by atoms with Crippen LogP contribution in [0.4, 0.5) is 5.82 Å². The van der Waals surface area contributed by atoms with Gasteiger partial charge in [-0.2, -0.15) is 0 Å². The predicted octanol–water partition coefficient (Wildman–Crippen LogP) is 1.32. The van der Waals surface area contributed by atoms with Crippen molar-refractivity contribution in [1.82, 2.24) is 15.6 Å². The minimum absolute atomic E-state index is 0.184. The van der Waals surface area contributed by atoms with Gasteiger partial charge >= 0.3 is 0 Å². The number of hydrogen-bond donors (Lipinski definition) is 3. The first-order chi connectivity index (χ1) is 9.83. The fraction of sp³-hybridized carbons (Fsp3) is 0.533. The molecule has 1 unspecified atom stereocenters. The molecule has 0 aliphatic heterocycles. The Bertz CT molecular complexity index is 514. The number of aromatic nitrogens is 1.